The molecule has 2 aromatic carbocycles. The predicted molar refractivity (Wildman–Crippen MR) is 98.7 cm³/mol. The summed E-state index contributed by atoms with van der Waals surface area (Å²) in [6.07, 6.45) is 0. The third-order valence-electron chi connectivity index (χ3n) is 4.02. The van der Waals surface area contributed by atoms with E-state index in [2.05, 4.69) is 15.3 Å². The zero-order valence-corrected chi connectivity index (χ0v) is 17.8. The molecule has 1 amide bonds. The van der Waals surface area contributed by atoms with Crippen LogP contribution in [0.3, 0.4) is 0 Å². The standard InChI is InChI=1S/C18H16N4O2.Pb/c1-11-19-14-6-4-3-5-13(14)18(20-11)22-10-17(23)21-15-9-12(24-2)7-8-16(15)22;/h3-9H,10H2,1-2H3,(H,21,23);. The minimum absolute atomic E-state index is 0. The van der Waals surface area contributed by atoms with Crippen LogP contribution in [0.2, 0.25) is 0 Å². The number of amides is 1. The first-order valence-electron chi connectivity index (χ1n) is 7.64. The molecular weight excluding hydrogens is 511 g/mol. The molecule has 3 aromatic rings. The molecule has 1 aromatic heterocycles. The maximum absolute atomic E-state index is 12.2. The Morgan fingerprint density at radius 2 is 1.96 bits per heavy atom. The Labute approximate surface area is 165 Å². The Morgan fingerprint density at radius 3 is 2.76 bits per heavy atom. The zero-order valence-electron chi connectivity index (χ0n) is 13.9. The largest absolute Gasteiger partial charge is 0.497 e. The average molecular weight is 528 g/mol. The summed E-state index contributed by atoms with van der Waals surface area (Å²) in [7, 11) is 1.60. The fourth-order valence-corrected chi connectivity index (χ4v) is 2.96. The summed E-state index contributed by atoms with van der Waals surface area (Å²) in [6, 6.07) is 13.4. The van der Waals surface area contributed by atoms with Crippen molar-refractivity contribution in [3.8, 4) is 5.75 Å². The van der Waals surface area contributed by atoms with Gasteiger partial charge in [-0.05, 0) is 31.2 Å². The number of carbonyl (C=O) groups is 1. The maximum atomic E-state index is 12.2. The Bertz CT molecular complexity index is 961. The van der Waals surface area contributed by atoms with E-state index >= 15 is 0 Å². The van der Waals surface area contributed by atoms with Crippen molar-refractivity contribution in [2.75, 3.05) is 23.9 Å². The predicted octanol–water partition coefficient (Wildman–Crippen LogP) is 2.66. The number of hydrogen-bond donors (Lipinski definition) is 1. The Balaban J connectivity index is 0.00000182. The van der Waals surface area contributed by atoms with Gasteiger partial charge in [0.15, 0.2) is 0 Å². The third-order valence-corrected chi connectivity index (χ3v) is 4.02. The van der Waals surface area contributed by atoms with Crippen LogP contribution in [-0.2, 0) is 4.79 Å². The number of rotatable bonds is 2. The minimum Gasteiger partial charge on any atom is -0.497 e. The van der Waals surface area contributed by atoms with Gasteiger partial charge in [0.2, 0.25) is 5.91 Å². The fourth-order valence-electron chi connectivity index (χ4n) is 2.96. The molecule has 4 rings (SSSR count). The van der Waals surface area contributed by atoms with Crippen molar-refractivity contribution in [2.45, 2.75) is 6.92 Å². The molecule has 0 fully saturated rings. The summed E-state index contributed by atoms with van der Waals surface area (Å²) in [5, 5.41) is 3.81. The number of ether oxygens (including phenoxy) is 1. The first-order chi connectivity index (χ1) is 11.7. The van der Waals surface area contributed by atoms with E-state index in [1.807, 2.05) is 54.3 Å². The van der Waals surface area contributed by atoms with Crippen LogP contribution in [0.5, 0.6) is 5.75 Å². The number of anilines is 3. The molecule has 25 heavy (non-hydrogen) atoms. The fraction of sp³-hybridized carbons (Fsp3) is 0.167. The molecule has 2 heterocycles. The number of hydrogen-bond acceptors (Lipinski definition) is 5. The molecule has 0 aliphatic carbocycles. The van der Waals surface area contributed by atoms with Gasteiger partial charge in [-0.2, -0.15) is 0 Å². The van der Waals surface area contributed by atoms with E-state index in [4.69, 9.17) is 4.74 Å². The van der Waals surface area contributed by atoms with Gasteiger partial charge in [0.1, 0.15) is 23.9 Å². The molecule has 124 valence electrons. The van der Waals surface area contributed by atoms with Crippen molar-refractivity contribution < 1.29 is 9.53 Å². The average Bonchev–Trinajstić information content (AvgIpc) is 2.59. The van der Waals surface area contributed by atoms with Crippen molar-refractivity contribution in [1.29, 1.82) is 0 Å². The summed E-state index contributed by atoms with van der Waals surface area (Å²) < 4.78 is 5.25. The van der Waals surface area contributed by atoms with E-state index in [9.17, 15) is 4.79 Å². The number of benzene rings is 2. The molecule has 1 N–H and O–H groups in total. The van der Waals surface area contributed by atoms with Gasteiger partial charge in [0.25, 0.3) is 0 Å². The summed E-state index contributed by atoms with van der Waals surface area (Å²) in [4.78, 5) is 23.2. The monoisotopic (exact) mass is 528 g/mol. The molecule has 7 heteroatoms. The molecule has 0 spiro atoms. The van der Waals surface area contributed by atoms with Gasteiger partial charge in [0, 0.05) is 38.8 Å². The summed E-state index contributed by atoms with van der Waals surface area (Å²) >= 11 is 0. The second-order valence-corrected chi connectivity index (χ2v) is 5.63. The van der Waals surface area contributed by atoms with Crippen LogP contribution in [0.25, 0.3) is 10.9 Å². The van der Waals surface area contributed by atoms with Crippen molar-refractivity contribution in [2.24, 2.45) is 0 Å². The van der Waals surface area contributed by atoms with Gasteiger partial charge >= 0.3 is 0 Å². The van der Waals surface area contributed by atoms with Gasteiger partial charge in [-0.25, -0.2) is 9.97 Å². The molecule has 1 aliphatic heterocycles. The quantitative estimate of drug-likeness (QED) is 0.520. The molecular formula is C18H16N4O2Pb. The molecule has 0 saturated heterocycles. The normalized spacial score (nSPS) is 13.0. The number of aromatic nitrogens is 2. The van der Waals surface area contributed by atoms with E-state index in [0.29, 0.717) is 17.3 Å². The van der Waals surface area contributed by atoms with Crippen LogP contribution >= 0.6 is 0 Å². The van der Waals surface area contributed by atoms with Crippen molar-refractivity contribution >= 4 is 61.3 Å². The van der Waals surface area contributed by atoms with E-state index < -0.39 is 0 Å². The molecule has 4 radical (unpaired) electrons. The van der Waals surface area contributed by atoms with Crippen molar-refractivity contribution in [3.63, 3.8) is 0 Å². The van der Waals surface area contributed by atoms with Crippen LogP contribution < -0.4 is 15.0 Å². The smallest absolute Gasteiger partial charge is 0.244 e. The van der Waals surface area contributed by atoms with E-state index in [1.54, 1.807) is 7.11 Å². The molecule has 1 aliphatic rings. The number of para-hydroxylation sites is 1. The molecule has 0 saturated carbocycles. The number of nitrogens with one attached hydrogen (secondary N) is 1. The van der Waals surface area contributed by atoms with Gasteiger partial charge < -0.3 is 15.0 Å². The van der Waals surface area contributed by atoms with Crippen LogP contribution in [0.1, 0.15) is 5.82 Å². The zero-order chi connectivity index (χ0) is 16.7. The van der Waals surface area contributed by atoms with Gasteiger partial charge in [-0.1, -0.05) is 12.1 Å². The van der Waals surface area contributed by atoms with Gasteiger partial charge in [0.05, 0.1) is 24.0 Å². The first-order valence-corrected chi connectivity index (χ1v) is 7.64. The van der Waals surface area contributed by atoms with E-state index in [1.165, 1.54) is 0 Å². The number of nitrogens with zero attached hydrogens (tertiary/aromatic N) is 3. The van der Waals surface area contributed by atoms with Crippen LogP contribution in [-0.4, -0.2) is 56.8 Å². The molecule has 6 nitrogen and oxygen atoms in total. The number of methoxy groups -OCH3 is 1. The van der Waals surface area contributed by atoms with E-state index in [0.717, 1.165) is 22.4 Å². The van der Waals surface area contributed by atoms with Gasteiger partial charge in [-0.15, -0.1) is 0 Å². The summed E-state index contributed by atoms with van der Waals surface area (Å²) in [6.45, 7) is 2.06. The van der Waals surface area contributed by atoms with Crippen LogP contribution in [0.15, 0.2) is 42.5 Å². The number of carbonyl (C=O) groups excluding carboxylic acids is 1. The molecule has 0 atom stereocenters. The summed E-state index contributed by atoms with van der Waals surface area (Å²) in [5.74, 6) is 2.01. The Morgan fingerprint density at radius 1 is 1.16 bits per heavy atom. The minimum atomic E-state index is -0.0869. The van der Waals surface area contributed by atoms with Crippen molar-refractivity contribution in [3.05, 3.63) is 48.3 Å². The van der Waals surface area contributed by atoms with E-state index in [-0.39, 0.29) is 39.8 Å². The van der Waals surface area contributed by atoms with Crippen LogP contribution in [0.4, 0.5) is 17.2 Å². The SMILES string of the molecule is COc1ccc2c(c1)NC(=O)CN2c1nc(C)nc2ccccc12.[Pb]. The summed E-state index contributed by atoms with van der Waals surface area (Å²) in [5.41, 5.74) is 2.46. The van der Waals surface area contributed by atoms with Gasteiger partial charge in [-0.3, -0.25) is 4.79 Å². The first kappa shape index (κ1) is 17.6. The Kier molecular flexibility index (Phi) is 4.89. The Hall–Kier alpha value is -2.23. The molecule has 0 bridgehead atoms. The van der Waals surface area contributed by atoms with Crippen molar-refractivity contribution in [1.82, 2.24) is 9.97 Å². The maximum Gasteiger partial charge on any atom is 0.244 e. The molecule has 0 unspecified atom stereocenters. The number of fused-ring (bicyclic) bond motifs is 2. The second kappa shape index (κ2) is 6.95. The third kappa shape index (κ3) is 3.18. The topological polar surface area (TPSA) is 67.3 Å². The number of aryl methyl sites for hydroxylation is 1. The second-order valence-electron chi connectivity index (χ2n) is 5.63. The van der Waals surface area contributed by atoms with Crippen LogP contribution in [0, 0.1) is 6.92 Å².